The van der Waals surface area contributed by atoms with Gasteiger partial charge in [0.05, 0.1) is 17.9 Å². The molecule has 2 N–H and O–H groups in total. The number of ether oxygens (including phenoxy) is 1. The van der Waals surface area contributed by atoms with E-state index in [0.717, 1.165) is 12.1 Å². The summed E-state index contributed by atoms with van der Waals surface area (Å²) < 4.78 is 33.8. The number of carbonyl (C=O) groups excluding carboxylic acids is 2. The Bertz CT molecular complexity index is 1540. The summed E-state index contributed by atoms with van der Waals surface area (Å²) >= 11 is 6.24. The minimum absolute atomic E-state index is 0.0170. The number of aliphatic hydroxyl groups is 2. The van der Waals surface area contributed by atoms with Crippen molar-refractivity contribution in [3.63, 3.8) is 0 Å². The Morgan fingerprint density at radius 3 is 2.17 bits per heavy atom. The molecule has 2 aromatic carbocycles. The molecule has 2 amide bonds. The molecule has 9 nitrogen and oxygen atoms in total. The van der Waals surface area contributed by atoms with Gasteiger partial charge in [0, 0.05) is 17.8 Å². The first-order valence-corrected chi connectivity index (χ1v) is 12.6. The van der Waals surface area contributed by atoms with Gasteiger partial charge < -0.3 is 19.5 Å². The van der Waals surface area contributed by atoms with Crippen molar-refractivity contribution in [3.05, 3.63) is 86.8 Å². The lowest BCUT2D eigenvalue weighted by atomic mass is 10.1. The van der Waals surface area contributed by atoms with Crippen molar-refractivity contribution in [2.75, 3.05) is 16.5 Å². The number of aromatic nitrogens is 1. The highest BCUT2D eigenvalue weighted by molar-refractivity contribution is 6.31. The van der Waals surface area contributed by atoms with E-state index < -0.39 is 40.2 Å². The van der Waals surface area contributed by atoms with Gasteiger partial charge in [-0.1, -0.05) is 17.7 Å². The van der Waals surface area contributed by atoms with Crippen molar-refractivity contribution < 1.29 is 33.3 Å². The molecule has 3 aromatic rings. The highest BCUT2D eigenvalue weighted by atomic mass is 35.5. The van der Waals surface area contributed by atoms with Crippen LogP contribution in [0.3, 0.4) is 0 Å². The van der Waals surface area contributed by atoms with Gasteiger partial charge in [-0.25, -0.2) is 8.78 Å². The molecule has 12 heteroatoms. The first-order valence-electron chi connectivity index (χ1n) is 12.2. The molecule has 1 aliphatic rings. The van der Waals surface area contributed by atoms with E-state index in [9.17, 15) is 33.4 Å². The Morgan fingerprint density at radius 2 is 1.57 bits per heavy atom. The van der Waals surface area contributed by atoms with Crippen molar-refractivity contribution in [2.24, 2.45) is 0 Å². The van der Waals surface area contributed by atoms with E-state index in [1.165, 1.54) is 60.4 Å². The number of anilines is 2. The van der Waals surface area contributed by atoms with Crippen molar-refractivity contribution >= 4 is 34.8 Å². The van der Waals surface area contributed by atoms with Crippen LogP contribution >= 0.6 is 11.6 Å². The molecule has 0 saturated heterocycles. The molecular weight excluding hydrogens is 548 g/mol. The third kappa shape index (κ3) is 5.86. The van der Waals surface area contributed by atoms with Gasteiger partial charge in [-0.15, -0.1) is 0 Å². The van der Waals surface area contributed by atoms with E-state index in [1.54, 1.807) is 18.2 Å². The van der Waals surface area contributed by atoms with Crippen LogP contribution in [0.2, 0.25) is 5.02 Å². The summed E-state index contributed by atoms with van der Waals surface area (Å²) in [6.07, 6.45) is 1.43. The predicted octanol–water partition coefficient (Wildman–Crippen LogP) is 3.59. The number of fused-ring (bicyclic) bond motifs is 1. The predicted molar refractivity (Wildman–Crippen MR) is 144 cm³/mol. The zero-order chi connectivity index (χ0) is 29.6. The van der Waals surface area contributed by atoms with E-state index in [1.807, 2.05) is 0 Å². The SMILES string of the molecule is CC(C)(O)C(=O)N1CN(C(=O)C(C)(C)O)c2cc(Cn3ccc(OCc4ccc(F)cc4F)c(Cl)c3=O)ccc21. The molecule has 0 aliphatic carbocycles. The molecule has 1 aliphatic heterocycles. The first-order chi connectivity index (χ1) is 18.6. The maximum atomic E-state index is 13.9. The molecule has 1 aromatic heterocycles. The number of carbonyl (C=O) groups is 2. The van der Waals surface area contributed by atoms with Crippen LogP contribution in [0.4, 0.5) is 20.2 Å². The highest BCUT2D eigenvalue weighted by Crippen LogP contribution is 2.39. The number of hydrogen-bond acceptors (Lipinski definition) is 6. The molecule has 0 saturated carbocycles. The molecule has 0 fully saturated rings. The van der Waals surface area contributed by atoms with Gasteiger partial charge in [0.15, 0.2) is 0 Å². The van der Waals surface area contributed by atoms with Crippen molar-refractivity contribution in [1.82, 2.24) is 4.57 Å². The van der Waals surface area contributed by atoms with Gasteiger partial charge in [-0.3, -0.25) is 24.2 Å². The van der Waals surface area contributed by atoms with Crippen LogP contribution in [0.1, 0.15) is 38.8 Å². The fraction of sp³-hybridized carbons (Fsp3) is 0.321. The lowest BCUT2D eigenvalue weighted by Crippen LogP contribution is -2.50. The number of hydrogen-bond donors (Lipinski definition) is 2. The summed E-state index contributed by atoms with van der Waals surface area (Å²) in [7, 11) is 0. The first kappa shape index (κ1) is 29.2. The fourth-order valence-corrected chi connectivity index (χ4v) is 4.40. The molecule has 0 radical (unpaired) electrons. The topological polar surface area (TPSA) is 112 Å². The minimum atomic E-state index is -1.74. The Balaban J connectivity index is 1.61. The summed E-state index contributed by atoms with van der Waals surface area (Å²) in [4.78, 5) is 41.3. The summed E-state index contributed by atoms with van der Waals surface area (Å²) in [5, 5.41) is 20.4. The number of halogens is 3. The third-order valence-electron chi connectivity index (χ3n) is 6.26. The van der Waals surface area contributed by atoms with Crippen LogP contribution in [-0.4, -0.2) is 44.5 Å². The second kappa shape index (κ2) is 10.6. The summed E-state index contributed by atoms with van der Waals surface area (Å²) in [5.74, 6) is -2.79. The third-order valence-corrected chi connectivity index (χ3v) is 6.61. The van der Waals surface area contributed by atoms with Crippen molar-refractivity contribution in [2.45, 2.75) is 52.0 Å². The zero-order valence-electron chi connectivity index (χ0n) is 22.2. The number of rotatable bonds is 7. The van der Waals surface area contributed by atoms with Crippen LogP contribution in [0, 0.1) is 11.6 Å². The van der Waals surface area contributed by atoms with E-state index in [-0.39, 0.29) is 36.2 Å². The Kier molecular flexibility index (Phi) is 7.77. The van der Waals surface area contributed by atoms with Gasteiger partial charge >= 0.3 is 0 Å². The molecule has 0 bridgehead atoms. The quantitative estimate of drug-likeness (QED) is 0.445. The number of amides is 2. The monoisotopic (exact) mass is 575 g/mol. The number of pyridine rings is 1. The van der Waals surface area contributed by atoms with Crippen LogP contribution in [0.5, 0.6) is 5.75 Å². The molecule has 212 valence electrons. The van der Waals surface area contributed by atoms with Crippen molar-refractivity contribution in [1.29, 1.82) is 0 Å². The largest absolute Gasteiger partial charge is 0.487 e. The van der Waals surface area contributed by atoms with Gasteiger partial charge in [0.1, 0.15) is 46.9 Å². The summed E-state index contributed by atoms with van der Waals surface area (Å²) in [6, 6.07) is 9.34. The van der Waals surface area contributed by atoms with Crippen LogP contribution in [-0.2, 0) is 22.7 Å². The van der Waals surface area contributed by atoms with Gasteiger partial charge in [0.2, 0.25) is 0 Å². The molecule has 40 heavy (non-hydrogen) atoms. The molecular formula is C28H28ClF2N3O6. The average molecular weight is 576 g/mol. The van der Waals surface area contributed by atoms with Crippen molar-refractivity contribution in [3.8, 4) is 5.75 Å². The standard InChI is InChI=1S/C28H28ClF2N3O6/c1-27(2,38)25(36)33-15-34(26(37)28(3,4)39)21-11-16(5-8-20(21)33)13-32-10-9-22(23(29)24(32)35)40-14-17-6-7-18(30)12-19(17)31/h5-12,38-39H,13-15H2,1-4H3. The molecule has 2 heterocycles. The Labute approximate surface area is 233 Å². The smallest absolute Gasteiger partial charge is 0.273 e. The minimum Gasteiger partial charge on any atom is -0.487 e. The maximum Gasteiger partial charge on any atom is 0.273 e. The second-order valence-electron chi connectivity index (χ2n) is 10.5. The Morgan fingerprint density at radius 1 is 0.950 bits per heavy atom. The summed E-state index contributed by atoms with van der Waals surface area (Å²) in [5.41, 5.74) is -2.70. The van der Waals surface area contributed by atoms with Gasteiger partial charge in [-0.05, 0) is 63.6 Å². The van der Waals surface area contributed by atoms with Crippen LogP contribution < -0.4 is 20.1 Å². The Hall–Kier alpha value is -3.80. The van der Waals surface area contributed by atoms with Crippen LogP contribution in [0.15, 0.2) is 53.5 Å². The highest BCUT2D eigenvalue weighted by Gasteiger charge is 2.42. The molecule has 0 atom stereocenters. The van der Waals surface area contributed by atoms with Gasteiger partial charge in [0.25, 0.3) is 17.4 Å². The maximum absolute atomic E-state index is 13.9. The average Bonchev–Trinajstić information content (AvgIpc) is 3.23. The van der Waals surface area contributed by atoms with Crippen LogP contribution in [0.25, 0.3) is 0 Å². The zero-order valence-corrected chi connectivity index (χ0v) is 23.0. The summed E-state index contributed by atoms with van der Waals surface area (Å²) in [6.45, 7) is 4.88. The molecule has 0 unspecified atom stereocenters. The fourth-order valence-electron chi connectivity index (χ4n) is 4.17. The van der Waals surface area contributed by atoms with E-state index >= 15 is 0 Å². The van der Waals surface area contributed by atoms with E-state index in [4.69, 9.17) is 16.3 Å². The number of benzene rings is 2. The lowest BCUT2D eigenvalue weighted by molar-refractivity contribution is -0.134. The molecule has 0 spiro atoms. The lowest BCUT2D eigenvalue weighted by Gasteiger charge is -2.27. The molecule has 4 rings (SSSR count). The normalized spacial score (nSPS) is 13.4. The van der Waals surface area contributed by atoms with E-state index in [0.29, 0.717) is 16.9 Å². The van der Waals surface area contributed by atoms with Gasteiger partial charge in [-0.2, -0.15) is 0 Å². The number of nitrogens with zero attached hydrogens (tertiary/aromatic N) is 3. The van der Waals surface area contributed by atoms with E-state index in [2.05, 4.69) is 0 Å². The second-order valence-corrected chi connectivity index (χ2v) is 10.9.